The summed E-state index contributed by atoms with van der Waals surface area (Å²) in [6.07, 6.45) is 1.67. The minimum absolute atomic E-state index is 0.0556. The molecule has 0 saturated heterocycles. The molecule has 0 aliphatic heterocycles. The maximum absolute atomic E-state index is 8.23. The van der Waals surface area contributed by atoms with Crippen molar-refractivity contribution >= 4 is 17.4 Å². The lowest BCUT2D eigenvalue weighted by Gasteiger charge is -1.99. The second-order valence-corrected chi connectivity index (χ2v) is 2.56. The lowest BCUT2D eigenvalue weighted by atomic mass is 10.2. The minimum atomic E-state index is 0.0556. The van der Waals surface area contributed by atoms with Gasteiger partial charge in [0.25, 0.3) is 0 Å². The van der Waals surface area contributed by atoms with Gasteiger partial charge in [-0.25, -0.2) is 0 Å². The number of rotatable bonds is 1. The van der Waals surface area contributed by atoms with Crippen molar-refractivity contribution in [3.05, 3.63) is 34.9 Å². The first-order valence-corrected chi connectivity index (χ1v) is 3.61. The van der Waals surface area contributed by atoms with Crippen molar-refractivity contribution in [1.82, 2.24) is 5.32 Å². The highest BCUT2D eigenvalue weighted by molar-refractivity contribution is 6.31. The zero-order valence-corrected chi connectivity index (χ0v) is 6.89. The summed E-state index contributed by atoms with van der Waals surface area (Å²) in [5.41, 5.74) is 0.601. The molecular formula is C8H6ClN3. The molecule has 0 amide bonds. The van der Waals surface area contributed by atoms with E-state index >= 15 is 0 Å². The number of hydrogen-bond acceptors (Lipinski definition) is 2. The van der Waals surface area contributed by atoms with Crippen LogP contribution in [0.1, 0.15) is 5.56 Å². The third kappa shape index (κ3) is 1.97. The van der Waals surface area contributed by atoms with E-state index in [-0.39, 0.29) is 5.84 Å². The summed E-state index contributed by atoms with van der Waals surface area (Å²) in [5.74, 6) is 0.0556. The molecule has 0 heterocycles. The van der Waals surface area contributed by atoms with Gasteiger partial charge in [-0.15, -0.1) is 0 Å². The molecule has 4 heteroatoms. The highest BCUT2D eigenvalue weighted by Gasteiger charge is 1.99. The highest BCUT2D eigenvalue weighted by atomic mass is 35.5. The summed E-state index contributed by atoms with van der Waals surface area (Å²) in [6.45, 7) is 0. The van der Waals surface area contributed by atoms with Crippen LogP contribution in [-0.2, 0) is 0 Å². The minimum Gasteiger partial charge on any atom is -0.283 e. The van der Waals surface area contributed by atoms with Crippen LogP contribution < -0.4 is 5.32 Å². The predicted molar refractivity (Wildman–Crippen MR) is 47.0 cm³/mol. The molecule has 1 rings (SSSR count). The fourth-order valence-corrected chi connectivity index (χ4v) is 0.962. The van der Waals surface area contributed by atoms with Gasteiger partial charge < -0.3 is 0 Å². The van der Waals surface area contributed by atoms with Gasteiger partial charge in [-0.2, -0.15) is 5.26 Å². The molecule has 12 heavy (non-hydrogen) atoms. The fourth-order valence-electron chi connectivity index (χ4n) is 0.772. The SMILES string of the molecule is N#CNC(=N)c1cccc(Cl)c1. The summed E-state index contributed by atoms with van der Waals surface area (Å²) in [4.78, 5) is 0. The van der Waals surface area contributed by atoms with Gasteiger partial charge in [-0.1, -0.05) is 23.7 Å². The van der Waals surface area contributed by atoms with Gasteiger partial charge in [0, 0.05) is 10.6 Å². The molecule has 0 unspecified atom stereocenters. The molecule has 0 aliphatic rings. The molecular weight excluding hydrogens is 174 g/mol. The standard InChI is InChI=1S/C8H6ClN3/c9-7-3-1-2-6(4-7)8(11)12-5-10/h1-4H,(H2,11,12). The summed E-state index contributed by atoms with van der Waals surface area (Å²) in [6, 6.07) is 6.77. The van der Waals surface area contributed by atoms with Crippen LogP contribution in [0.25, 0.3) is 0 Å². The number of nitriles is 1. The summed E-state index contributed by atoms with van der Waals surface area (Å²) in [5, 5.41) is 18.3. The molecule has 1 aromatic carbocycles. The Balaban J connectivity index is 2.90. The van der Waals surface area contributed by atoms with E-state index < -0.39 is 0 Å². The summed E-state index contributed by atoms with van der Waals surface area (Å²) < 4.78 is 0. The van der Waals surface area contributed by atoms with Gasteiger partial charge in [-0.3, -0.25) is 10.7 Å². The van der Waals surface area contributed by atoms with Crippen LogP contribution in [0.2, 0.25) is 5.02 Å². The molecule has 0 spiro atoms. The van der Waals surface area contributed by atoms with E-state index in [1.807, 2.05) is 0 Å². The molecule has 0 bridgehead atoms. The number of halogens is 1. The van der Waals surface area contributed by atoms with Crippen molar-refractivity contribution < 1.29 is 0 Å². The molecule has 0 saturated carbocycles. The average Bonchev–Trinajstić information content (AvgIpc) is 2.05. The molecule has 0 aliphatic carbocycles. The first kappa shape index (κ1) is 8.57. The van der Waals surface area contributed by atoms with Crippen molar-refractivity contribution in [2.24, 2.45) is 0 Å². The van der Waals surface area contributed by atoms with Crippen LogP contribution in [0.15, 0.2) is 24.3 Å². The molecule has 0 aromatic heterocycles. The second-order valence-electron chi connectivity index (χ2n) is 2.12. The van der Waals surface area contributed by atoms with Crippen molar-refractivity contribution in [2.75, 3.05) is 0 Å². The topological polar surface area (TPSA) is 59.7 Å². The van der Waals surface area contributed by atoms with Crippen molar-refractivity contribution in [3.8, 4) is 6.19 Å². The normalized spacial score (nSPS) is 8.67. The number of nitrogens with one attached hydrogen (secondary N) is 2. The molecule has 1 aromatic rings. The molecule has 60 valence electrons. The first-order chi connectivity index (χ1) is 5.74. The Kier molecular flexibility index (Phi) is 2.67. The Morgan fingerprint density at radius 2 is 2.33 bits per heavy atom. The van der Waals surface area contributed by atoms with E-state index in [4.69, 9.17) is 22.3 Å². The quantitative estimate of drug-likeness (QED) is 0.299. The summed E-state index contributed by atoms with van der Waals surface area (Å²) >= 11 is 5.68. The van der Waals surface area contributed by atoms with E-state index in [1.165, 1.54) is 0 Å². The third-order valence-corrected chi connectivity index (χ3v) is 1.53. The number of hydrogen-bond donors (Lipinski definition) is 2. The largest absolute Gasteiger partial charge is 0.283 e. The molecule has 0 atom stereocenters. The van der Waals surface area contributed by atoms with Crippen LogP contribution in [-0.4, -0.2) is 5.84 Å². The van der Waals surface area contributed by atoms with Crippen molar-refractivity contribution in [2.45, 2.75) is 0 Å². The van der Waals surface area contributed by atoms with Gasteiger partial charge in [0.2, 0.25) is 0 Å². The highest BCUT2D eigenvalue weighted by Crippen LogP contribution is 2.09. The van der Waals surface area contributed by atoms with Gasteiger partial charge >= 0.3 is 0 Å². The van der Waals surface area contributed by atoms with Crippen LogP contribution in [0.3, 0.4) is 0 Å². The first-order valence-electron chi connectivity index (χ1n) is 3.23. The number of nitrogens with zero attached hydrogens (tertiary/aromatic N) is 1. The molecule has 0 radical (unpaired) electrons. The molecule has 0 fully saturated rings. The molecule has 2 N–H and O–H groups in total. The van der Waals surface area contributed by atoms with Gasteiger partial charge in [-0.05, 0) is 12.1 Å². The van der Waals surface area contributed by atoms with E-state index in [0.29, 0.717) is 10.6 Å². The van der Waals surface area contributed by atoms with Gasteiger partial charge in [0.05, 0.1) is 0 Å². The zero-order valence-electron chi connectivity index (χ0n) is 6.13. The smallest absolute Gasteiger partial charge is 0.182 e. The van der Waals surface area contributed by atoms with E-state index in [2.05, 4.69) is 5.32 Å². The number of amidine groups is 1. The Bertz CT molecular complexity index is 340. The van der Waals surface area contributed by atoms with Crippen LogP contribution in [0, 0.1) is 16.9 Å². The van der Waals surface area contributed by atoms with Crippen molar-refractivity contribution in [1.29, 1.82) is 10.7 Å². The Hall–Kier alpha value is -1.53. The Morgan fingerprint density at radius 3 is 2.92 bits per heavy atom. The lowest BCUT2D eigenvalue weighted by Crippen LogP contribution is -2.16. The van der Waals surface area contributed by atoms with Crippen LogP contribution in [0.5, 0.6) is 0 Å². The lowest BCUT2D eigenvalue weighted by molar-refractivity contribution is 1.22. The van der Waals surface area contributed by atoms with Crippen molar-refractivity contribution in [3.63, 3.8) is 0 Å². The van der Waals surface area contributed by atoms with Crippen LogP contribution in [0.4, 0.5) is 0 Å². The molecule has 3 nitrogen and oxygen atoms in total. The van der Waals surface area contributed by atoms with E-state index in [1.54, 1.807) is 30.5 Å². The summed E-state index contributed by atoms with van der Waals surface area (Å²) in [7, 11) is 0. The van der Waals surface area contributed by atoms with E-state index in [9.17, 15) is 0 Å². The Morgan fingerprint density at radius 1 is 1.58 bits per heavy atom. The second kappa shape index (κ2) is 3.74. The van der Waals surface area contributed by atoms with E-state index in [0.717, 1.165) is 0 Å². The maximum Gasteiger partial charge on any atom is 0.182 e. The fraction of sp³-hybridized carbons (Fsp3) is 0. The average molecular weight is 180 g/mol. The Labute approximate surface area is 75.1 Å². The number of benzene rings is 1. The van der Waals surface area contributed by atoms with Gasteiger partial charge in [0.1, 0.15) is 5.84 Å². The monoisotopic (exact) mass is 179 g/mol. The van der Waals surface area contributed by atoms with Crippen LogP contribution >= 0.6 is 11.6 Å². The maximum atomic E-state index is 8.23. The zero-order chi connectivity index (χ0) is 8.97. The predicted octanol–water partition coefficient (Wildman–Crippen LogP) is 1.74. The van der Waals surface area contributed by atoms with Gasteiger partial charge in [0.15, 0.2) is 6.19 Å². The third-order valence-electron chi connectivity index (χ3n) is 1.29.